The van der Waals surface area contributed by atoms with Crippen molar-refractivity contribution >= 4 is 0 Å². The molecule has 3 N–H and O–H groups in total. The quantitative estimate of drug-likeness (QED) is 0.637. The van der Waals surface area contributed by atoms with Gasteiger partial charge in [0.05, 0.1) is 6.61 Å². The molecule has 0 saturated heterocycles. The number of benzene rings is 1. The summed E-state index contributed by atoms with van der Waals surface area (Å²) >= 11 is 0. The van der Waals surface area contributed by atoms with E-state index in [9.17, 15) is 0 Å². The van der Waals surface area contributed by atoms with Gasteiger partial charge < -0.3 is 10.6 Å². The number of aliphatic hydroxyl groups is 1. The Balaban J connectivity index is 0. The standard InChI is InChI=1S/C7H8O.Cu.H2O/c8-6-7-4-2-1-3-5-7;;/h1-5,8H,6H2;;1H2. The summed E-state index contributed by atoms with van der Waals surface area (Å²) in [6.45, 7) is 0.140. The molecule has 10 heavy (non-hydrogen) atoms. The second-order valence-corrected chi connectivity index (χ2v) is 1.64. The molecular formula is C7H10CuO2. The molecule has 3 heteroatoms. The van der Waals surface area contributed by atoms with E-state index in [1.165, 1.54) is 0 Å². The predicted octanol–water partition coefficient (Wildman–Crippen LogP) is 0.352. The van der Waals surface area contributed by atoms with Gasteiger partial charge in [-0.25, -0.2) is 0 Å². The molecule has 0 amide bonds. The maximum absolute atomic E-state index is 8.54. The molecule has 0 aliphatic carbocycles. The number of hydrogen-bond acceptors (Lipinski definition) is 1. The summed E-state index contributed by atoms with van der Waals surface area (Å²) in [4.78, 5) is 0. The van der Waals surface area contributed by atoms with E-state index in [0.717, 1.165) is 5.56 Å². The van der Waals surface area contributed by atoms with E-state index in [0.29, 0.717) is 0 Å². The van der Waals surface area contributed by atoms with Gasteiger partial charge in [-0.3, -0.25) is 0 Å². The van der Waals surface area contributed by atoms with Crippen LogP contribution in [0.15, 0.2) is 30.3 Å². The molecule has 0 aliphatic rings. The van der Waals surface area contributed by atoms with E-state index in [2.05, 4.69) is 0 Å². The summed E-state index contributed by atoms with van der Waals surface area (Å²) in [5.41, 5.74) is 0.965. The second kappa shape index (κ2) is 6.77. The third kappa shape index (κ3) is 3.64. The summed E-state index contributed by atoms with van der Waals surface area (Å²) in [7, 11) is 0. The van der Waals surface area contributed by atoms with Crippen LogP contribution in [0.5, 0.6) is 0 Å². The van der Waals surface area contributed by atoms with Crippen LogP contribution in [-0.2, 0) is 23.7 Å². The van der Waals surface area contributed by atoms with E-state index in [1.807, 2.05) is 30.3 Å². The zero-order chi connectivity index (χ0) is 5.82. The number of aliphatic hydroxyl groups excluding tert-OH is 1. The van der Waals surface area contributed by atoms with Gasteiger partial charge in [-0.1, -0.05) is 30.3 Å². The Morgan fingerprint density at radius 2 is 1.60 bits per heavy atom. The van der Waals surface area contributed by atoms with E-state index in [-0.39, 0.29) is 29.2 Å². The Kier molecular flexibility index (Phi) is 8.36. The fourth-order valence-corrected chi connectivity index (χ4v) is 0.583. The van der Waals surface area contributed by atoms with Crippen LogP contribution < -0.4 is 0 Å². The Morgan fingerprint density at radius 3 is 1.90 bits per heavy atom. The molecule has 0 bridgehead atoms. The van der Waals surface area contributed by atoms with Crippen molar-refractivity contribution in [2.24, 2.45) is 0 Å². The maximum atomic E-state index is 8.54. The normalized spacial score (nSPS) is 7.30. The summed E-state index contributed by atoms with van der Waals surface area (Å²) in [5, 5.41) is 8.54. The third-order valence-corrected chi connectivity index (χ3v) is 1.03. The van der Waals surface area contributed by atoms with Crippen molar-refractivity contribution in [3.8, 4) is 0 Å². The molecule has 0 spiro atoms. The van der Waals surface area contributed by atoms with Gasteiger partial charge >= 0.3 is 0 Å². The van der Waals surface area contributed by atoms with Crippen molar-refractivity contribution in [1.29, 1.82) is 0 Å². The molecule has 0 aromatic heterocycles. The molecule has 0 saturated carbocycles. The molecular weight excluding hydrogens is 180 g/mol. The summed E-state index contributed by atoms with van der Waals surface area (Å²) in [5.74, 6) is 0. The van der Waals surface area contributed by atoms with Gasteiger partial charge in [-0.15, -0.1) is 0 Å². The first kappa shape index (κ1) is 12.3. The molecule has 2 nitrogen and oxygen atoms in total. The SMILES string of the molecule is O.OCc1ccccc1.[Cu]. The molecule has 0 aliphatic heterocycles. The van der Waals surface area contributed by atoms with Crippen LogP contribution in [0.1, 0.15) is 5.56 Å². The largest absolute Gasteiger partial charge is 0.412 e. The molecule has 1 aromatic carbocycles. The van der Waals surface area contributed by atoms with Gasteiger partial charge in [0.25, 0.3) is 0 Å². The fraction of sp³-hybridized carbons (Fsp3) is 0.143. The predicted molar refractivity (Wildman–Crippen MR) is 36.0 cm³/mol. The van der Waals surface area contributed by atoms with Gasteiger partial charge in [0.15, 0.2) is 0 Å². The van der Waals surface area contributed by atoms with Crippen molar-refractivity contribution in [2.75, 3.05) is 0 Å². The Bertz CT molecular complexity index is 153. The van der Waals surface area contributed by atoms with Gasteiger partial charge in [-0.05, 0) is 5.56 Å². The minimum Gasteiger partial charge on any atom is -0.412 e. The van der Waals surface area contributed by atoms with Crippen molar-refractivity contribution in [3.05, 3.63) is 35.9 Å². The fourth-order valence-electron chi connectivity index (χ4n) is 0.583. The minimum absolute atomic E-state index is 0. The first-order valence-corrected chi connectivity index (χ1v) is 2.58. The summed E-state index contributed by atoms with van der Waals surface area (Å²) in [6.07, 6.45) is 0. The van der Waals surface area contributed by atoms with E-state index in [4.69, 9.17) is 5.11 Å². The van der Waals surface area contributed by atoms with Gasteiger partial charge in [-0.2, -0.15) is 0 Å². The van der Waals surface area contributed by atoms with Gasteiger partial charge in [0.1, 0.15) is 0 Å². The molecule has 61 valence electrons. The molecule has 1 radical (unpaired) electrons. The topological polar surface area (TPSA) is 51.7 Å². The zero-order valence-corrected chi connectivity index (χ0v) is 6.28. The molecule has 1 rings (SSSR count). The van der Waals surface area contributed by atoms with Gasteiger partial charge in [0, 0.05) is 17.1 Å². The van der Waals surface area contributed by atoms with Crippen LogP contribution in [0.4, 0.5) is 0 Å². The monoisotopic (exact) mass is 189 g/mol. The Labute approximate surface area is 70.7 Å². The average molecular weight is 190 g/mol. The van der Waals surface area contributed by atoms with Crippen molar-refractivity contribution < 1.29 is 27.7 Å². The van der Waals surface area contributed by atoms with Crippen LogP contribution in [0, 0.1) is 0 Å². The van der Waals surface area contributed by atoms with E-state index >= 15 is 0 Å². The first-order chi connectivity index (χ1) is 3.93. The maximum Gasteiger partial charge on any atom is 0.0681 e. The van der Waals surface area contributed by atoms with Crippen molar-refractivity contribution in [2.45, 2.75) is 6.61 Å². The molecule has 1 aromatic rings. The van der Waals surface area contributed by atoms with Crippen LogP contribution >= 0.6 is 0 Å². The Hall–Kier alpha value is -0.341. The van der Waals surface area contributed by atoms with Crippen LogP contribution in [0.3, 0.4) is 0 Å². The second-order valence-electron chi connectivity index (χ2n) is 1.64. The minimum atomic E-state index is 0. The van der Waals surface area contributed by atoms with Gasteiger partial charge in [0.2, 0.25) is 0 Å². The third-order valence-electron chi connectivity index (χ3n) is 1.03. The Morgan fingerprint density at radius 1 is 1.10 bits per heavy atom. The molecule has 0 unspecified atom stereocenters. The van der Waals surface area contributed by atoms with Crippen LogP contribution in [0.25, 0.3) is 0 Å². The van der Waals surface area contributed by atoms with E-state index < -0.39 is 0 Å². The zero-order valence-electron chi connectivity index (χ0n) is 5.34. The van der Waals surface area contributed by atoms with E-state index in [1.54, 1.807) is 0 Å². The number of hydrogen-bond donors (Lipinski definition) is 1. The summed E-state index contributed by atoms with van der Waals surface area (Å²) < 4.78 is 0. The molecule has 0 fully saturated rings. The van der Waals surface area contributed by atoms with Crippen molar-refractivity contribution in [3.63, 3.8) is 0 Å². The first-order valence-electron chi connectivity index (χ1n) is 2.58. The van der Waals surface area contributed by atoms with Crippen LogP contribution in [-0.4, -0.2) is 10.6 Å². The molecule has 0 atom stereocenters. The smallest absolute Gasteiger partial charge is 0.0681 e. The van der Waals surface area contributed by atoms with Crippen LogP contribution in [0.2, 0.25) is 0 Å². The number of rotatable bonds is 1. The molecule has 0 heterocycles. The average Bonchev–Trinajstić information content (AvgIpc) is 1.90. The summed E-state index contributed by atoms with van der Waals surface area (Å²) in [6, 6.07) is 9.52. The van der Waals surface area contributed by atoms with Crippen molar-refractivity contribution in [1.82, 2.24) is 0 Å².